The number of Topliss-reactive ketones (excluding diaryl/α,β-unsaturated/α-hetero) is 1. The summed E-state index contributed by atoms with van der Waals surface area (Å²) in [5.74, 6) is -0.705. The lowest BCUT2D eigenvalue weighted by Crippen LogP contribution is -2.50. The number of ketones is 1. The van der Waals surface area contributed by atoms with E-state index in [1.54, 1.807) is 6.92 Å². The third-order valence-electron chi connectivity index (χ3n) is 6.79. The molecule has 3 aliphatic rings. The maximum atomic E-state index is 13.4. The van der Waals surface area contributed by atoms with Crippen molar-refractivity contribution in [3.8, 4) is 0 Å². The number of carbonyl (C=O) groups excluding carboxylic acids is 1. The molecule has 2 N–H and O–H groups in total. The van der Waals surface area contributed by atoms with E-state index in [4.69, 9.17) is 4.74 Å². The van der Waals surface area contributed by atoms with Crippen LogP contribution in [0, 0.1) is 23.7 Å². The summed E-state index contributed by atoms with van der Waals surface area (Å²) in [6.45, 7) is 12.0. The van der Waals surface area contributed by atoms with Crippen LogP contribution in [0.2, 0.25) is 0 Å². The lowest BCUT2D eigenvalue weighted by Gasteiger charge is -2.41. The fraction of sp³-hybridized carbons (Fsp3) is 0.850. The van der Waals surface area contributed by atoms with E-state index in [-0.39, 0.29) is 36.1 Å². The maximum Gasteiger partial charge on any atom is 0.142 e. The smallest absolute Gasteiger partial charge is 0.142 e. The van der Waals surface area contributed by atoms with Crippen molar-refractivity contribution >= 4 is 5.78 Å². The Labute approximate surface area is 145 Å². The number of aliphatic hydroxyl groups excluding tert-OH is 1. The zero-order valence-electron chi connectivity index (χ0n) is 15.4. The van der Waals surface area contributed by atoms with Crippen LogP contribution < -0.4 is 0 Å². The Kier molecular flexibility index (Phi) is 4.47. The second-order valence-electron chi connectivity index (χ2n) is 9.04. The highest BCUT2D eigenvalue weighted by molar-refractivity contribution is 5.85. The summed E-state index contributed by atoms with van der Waals surface area (Å²) in [6, 6.07) is 0. The van der Waals surface area contributed by atoms with Crippen molar-refractivity contribution in [1.82, 2.24) is 0 Å². The molecule has 0 spiro atoms. The van der Waals surface area contributed by atoms with Gasteiger partial charge in [-0.15, -0.1) is 0 Å². The zero-order valence-corrected chi connectivity index (χ0v) is 15.4. The van der Waals surface area contributed by atoms with E-state index in [9.17, 15) is 15.0 Å². The Balaban J connectivity index is 2.07. The Morgan fingerprint density at radius 3 is 2.58 bits per heavy atom. The van der Waals surface area contributed by atoms with Crippen LogP contribution in [0.25, 0.3) is 0 Å². The van der Waals surface area contributed by atoms with E-state index in [0.717, 1.165) is 31.3 Å². The SMILES string of the molecule is C=C1CCC(C(C)C)C(=O)[C@@H]2[C@H]([C@H](O)C[C@]2(C)O)[C@@]2(C)CC[C@@H]1O2. The number of ether oxygens (including phenoxy) is 1. The topological polar surface area (TPSA) is 66.8 Å². The van der Waals surface area contributed by atoms with Crippen LogP contribution in [0.5, 0.6) is 0 Å². The molecule has 4 heteroatoms. The van der Waals surface area contributed by atoms with Gasteiger partial charge in [0.2, 0.25) is 0 Å². The highest BCUT2D eigenvalue weighted by Crippen LogP contribution is 2.53. The minimum absolute atomic E-state index is 0.00872. The van der Waals surface area contributed by atoms with E-state index in [1.165, 1.54) is 0 Å². The van der Waals surface area contributed by atoms with Gasteiger partial charge in [-0.1, -0.05) is 20.4 Å². The van der Waals surface area contributed by atoms with Crippen LogP contribution in [0.15, 0.2) is 12.2 Å². The molecule has 0 aromatic carbocycles. The molecule has 24 heavy (non-hydrogen) atoms. The first-order valence-electron chi connectivity index (χ1n) is 9.36. The predicted molar refractivity (Wildman–Crippen MR) is 92.4 cm³/mol. The average Bonchev–Trinajstić information content (AvgIpc) is 2.95. The fourth-order valence-corrected chi connectivity index (χ4v) is 5.46. The summed E-state index contributed by atoms with van der Waals surface area (Å²) in [5, 5.41) is 21.7. The molecule has 0 aromatic rings. The van der Waals surface area contributed by atoms with Gasteiger partial charge in [0.25, 0.3) is 0 Å². The second kappa shape index (κ2) is 5.93. The highest BCUT2D eigenvalue weighted by atomic mass is 16.5. The van der Waals surface area contributed by atoms with Crippen molar-refractivity contribution in [1.29, 1.82) is 0 Å². The van der Waals surface area contributed by atoms with Gasteiger partial charge in [-0.25, -0.2) is 0 Å². The molecule has 2 aliphatic heterocycles. The Hall–Kier alpha value is -0.710. The van der Waals surface area contributed by atoms with E-state index in [2.05, 4.69) is 20.4 Å². The van der Waals surface area contributed by atoms with E-state index in [0.29, 0.717) is 0 Å². The third-order valence-corrected chi connectivity index (χ3v) is 6.79. The standard InChI is InChI=1S/C20H32O4/c1-11(2)13-7-6-12(3)15-8-9-20(5,24-15)16-14(21)10-19(4,23)17(16)18(13)22/h11,13-17,21,23H,3,6-10H2,1-2,4-5H3/t13?,14-,15+,16+,17+,19+,20-/m1/s1. The van der Waals surface area contributed by atoms with Crippen LogP contribution in [0.1, 0.15) is 59.8 Å². The minimum atomic E-state index is -1.17. The Morgan fingerprint density at radius 2 is 1.96 bits per heavy atom. The monoisotopic (exact) mass is 336 g/mol. The molecule has 0 aromatic heterocycles. The van der Waals surface area contributed by atoms with Crippen molar-refractivity contribution in [2.75, 3.05) is 0 Å². The molecule has 2 heterocycles. The first-order chi connectivity index (χ1) is 11.1. The van der Waals surface area contributed by atoms with Crippen molar-refractivity contribution in [2.24, 2.45) is 23.7 Å². The maximum absolute atomic E-state index is 13.4. The van der Waals surface area contributed by atoms with Crippen LogP contribution in [0.4, 0.5) is 0 Å². The molecule has 3 fully saturated rings. The summed E-state index contributed by atoms with van der Waals surface area (Å²) in [6.07, 6.45) is 2.76. The molecule has 4 nitrogen and oxygen atoms in total. The summed E-state index contributed by atoms with van der Waals surface area (Å²) in [5.41, 5.74) is -0.684. The van der Waals surface area contributed by atoms with Gasteiger partial charge < -0.3 is 14.9 Å². The van der Waals surface area contributed by atoms with Crippen molar-refractivity contribution in [2.45, 2.75) is 83.2 Å². The molecule has 0 amide bonds. The van der Waals surface area contributed by atoms with Crippen molar-refractivity contribution < 1.29 is 19.7 Å². The molecule has 136 valence electrons. The molecular weight excluding hydrogens is 304 g/mol. The first kappa shape index (κ1) is 18.1. The first-order valence-corrected chi connectivity index (χ1v) is 9.36. The van der Waals surface area contributed by atoms with E-state index < -0.39 is 23.2 Å². The summed E-state index contributed by atoms with van der Waals surface area (Å²) < 4.78 is 6.34. The second-order valence-corrected chi connectivity index (χ2v) is 9.04. The number of hydrogen-bond donors (Lipinski definition) is 2. The number of carbonyl (C=O) groups is 1. The summed E-state index contributed by atoms with van der Waals surface area (Å²) in [4.78, 5) is 13.4. The van der Waals surface area contributed by atoms with Gasteiger partial charge in [0, 0.05) is 18.3 Å². The molecule has 1 aliphatic carbocycles. The fourth-order valence-electron chi connectivity index (χ4n) is 5.46. The molecule has 0 radical (unpaired) electrons. The molecule has 3 rings (SSSR count). The van der Waals surface area contributed by atoms with Crippen molar-refractivity contribution in [3.63, 3.8) is 0 Å². The average molecular weight is 336 g/mol. The van der Waals surface area contributed by atoms with E-state index in [1.807, 2.05) is 6.92 Å². The lowest BCUT2D eigenvalue weighted by atomic mass is 9.69. The molecular formula is C20H32O4. The quantitative estimate of drug-likeness (QED) is 0.723. The molecule has 7 atom stereocenters. The highest BCUT2D eigenvalue weighted by Gasteiger charge is 2.62. The zero-order chi connectivity index (χ0) is 17.9. The van der Waals surface area contributed by atoms with Crippen LogP contribution in [-0.4, -0.2) is 39.4 Å². The Bertz CT molecular complexity index is 538. The Morgan fingerprint density at radius 1 is 1.29 bits per heavy atom. The van der Waals surface area contributed by atoms with Crippen molar-refractivity contribution in [3.05, 3.63) is 12.2 Å². The van der Waals surface area contributed by atoms with Gasteiger partial charge in [-0.3, -0.25) is 4.79 Å². The van der Waals surface area contributed by atoms with Crippen LogP contribution in [-0.2, 0) is 9.53 Å². The van der Waals surface area contributed by atoms with Gasteiger partial charge in [0.05, 0.1) is 29.3 Å². The third kappa shape index (κ3) is 2.77. The van der Waals surface area contributed by atoms with Gasteiger partial charge in [-0.05, 0) is 51.0 Å². The van der Waals surface area contributed by atoms with Crippen LogP contribution >= 0.6 is 0 Å². The summed E-state index contributed by atoms with van der Waals surface area (Å²) in [7, 11) is 0. The molecule has 2 saturated heterocycles. The number of hydrogen-bond acceptors (Lipinski definition) is 4. The summed E-state index contributed by atoms with van der Waals surface area (Å²) >= 11 is 0. The lowest BCUT2D eigenvalue weighted by molar-refractivity contribution is -0.150. The normalized spacial score (nSPS) is 49.5. The largest absolute Gasteiger partial charge is 0.393 e. The molecule has 2 bridgehead atoms. The minimum Gasteiger partial charge on any atom is -0.393 e. The number of fused-ring (bicyclic) bond motifs is 4. The predicted octanol–water partition coefficient (Wildman–Crippen LogP) is 2.86. The number of rotatable bonds is 1. The van der Waals surface area contributed by atoms with Crippen LogP contribution in [0.3, 0.4) is 0 Å². The van der Waals surface area contributed by atoms with E-state index >= 15 is 0 Å². The molecule has 1 saturated carbocycles. The number of aliphatic hydroxyl groups is 2. The molecule has 1 unspecified atom stereocenters. The van der Waals surface area contributed by atoms with Gasteiger partial charge in [-0.2, -0.15) is 0 Å². The van der Waals surface area contributed by atoms with Gasteiger partial charge in [0.15, 0.2) is 0 Å². The van der Waals surface area contributed by atoms with Gasteiger partial charge >= 0.3 is 0 Å². The van der Waals surface area contributed by atoms with Gasteiger partial charge in [0.1, 0.15) is 5.78 Å².